The largest absolute Gasteiger partial charge is 0.481 e. The fraction of sp³-hybridized carbons (Fsp3) is 0.600. The van der Waals surface area contributed by atoms with Gasteiger partial charge in [-0.25, -0.2) is 0 Å². The second-order valence-corrected chi connectivity index (χ2v) is 5.83. The van der Waals surface area contributed by atoms with Crippen LogP contribution in [0.1, 0.15) is 50.8 Å². The van der Waals surface area contributed by atoms with E-state index < -0.39 is 5.97 Å². The highest BCUT2D eigenvalue weighted by Gasteiger charge is 2.14. The van der Waals surface area contributed by atoms with Crippen molar-refractivity contribution in [1.82, 2.24) is 19.8 Å². The van der Waals surface area contributed by atoms with Gasteiger partial charge in [-0.05, 0) is 25.0 Å². The molecule has 0 unspecified atom stereocenters. The van der Waals surface area contributed by atoms with Gasteiger partial charge in [0.15, 0.2) is 11.5 Å². The zero-order valence-corrected chi connectivity index (χ0v) is 12.5. The highest BCUT2D eigenvalue weighted by Crippen LogP contribution is 2.20. The molecule has 118 valence electrons. The molecule has 0 amide bonds. The molecule has 22 heavy (non-hydrogen) atoms. The highest BCUT2D eigenvalue weighted by atomic mass is 16.4. The Labute approximate surface area is 128 Å². The maximum atomic E-state index is 10.7. The number of carboxylic acid groups (broad SMARTS) is 1. The summed E-state index contributed by atoms with van der Waals surface area (Å²) in [6.07, 6.45) is 7.86. The Hall–Kier alpha value is -2.18. The summed E-state index contributed by atoms with van der Waals surface area (Å²) >= 11 is 0. The molecule has 1 fully saturated rings. The Morgan fingerprint density at radius 3 is 2.73 bits per heavy atom. The minimum Gasteiger partial charge on any atom is -0.481 e. The third-order valence-corrected chi connectivity index (χ3v) is 4.10. The topological polar surface area (TPSA) is 92.4 Å². The van der Waals surface area contributed by atoms with Gasteiger partial charge in [0.1, 0.15) is 5.82 Å². The number of aliphatic carboxylic acids is 1. The number of aryl methyl sites for hydroxylation is 1. The van der Waals surface area contributed by atoms with Gasteiger partial charge in [0.2, 0.25) is 0 Å². The number of carboxylic acids is 1. The summed E-state index contributed by atoms with van der Waals surface area (Å²) in [5.74, 6) is 0.544. The number of hydrogen-bond donors (Lipinski definition) is 2. The number of carbonyl (C=O) groups is 1. The van der Waals surface area contributed by atoms with E-state index in [1.165, 1.54) is 38.5 Å². The van der Waals surface area contributed by atoms with Crippen LogP contribution in [-0.4, -0.2) is 36.9 Å². The molecule has 1 saturated carbocycles. The van der Waals surface area contributed by atoms with Crippen molar-refractivity contribution in [2.75, 3.05) is 5.32 Å². The molecule has 0 spiro atoms. The fourth-order valence-electron chi connectivity index (χ4n) is 2.92. The van der Waals surface area contributed by atoms with Crippen LogP contribution in [0.4, 0.5) is 5.82 Å². The predicted molar refractivity (Wildman–Crippen MR) is 81.9 cm³/mol. The summed E-state index contributed by atoms with van der Waals surface area (Å²) in [5, 5.41) is 24.9. The number of rotatable bonds is 5. The molecule has 1 aliphatic carbocycles. The maximum Gasteiger partial charge on any atom is 0.303 e. The Balaban J connectivity index is 1.75. The van der Waals surface area contributed by atoms with Crippen LogP contribution < -0.4 is 5.32 Å². The zero-order chi connectivity index (χ0) is 15.4. The second kappa shape index (κ2) is 6.72. The van der Waals surface area contributed by atoms with E-state index in [4.69, 9.17) is 5.11 Å². The van der Waals surface area contributed by atoms with E-state index in [2.05, 4.69) is 20.6 Å². The number of nitrogens with zero attached hydrogens (tertiary/aromatic N) is 4. The lowest BCUT2D eigenvalue weighted by Crippen LogP contribution is -2.19. The Kier molecular flexibility index (Phi) is 4.50. The van der Waals surface area contributed by atoms with Crippen molar-refractivity contribution in [2.45, 2.75) is 57.4 Å². The molecule has 1 aliphatic rings. The predicted octanol–water partition coefficient (Wildman–Crippen LogP) is 2.28. The molecule has 0 radical (unpaired) electrons. The van der Waals surface area contributed by atoms with E-state index in [-0.39, 0.29) is 6.42 Å². The monoisotopic (exact) mass is 303 g/mol. The third kappa shape index (κ3) is 3.52. The smallest absolute Gasteiger partial charge is 0.303 e. The molecule has 7 heteroatoms. The van der Waals surface area contributed by atoms with Gasteiger partial charge in [-0.2, -0.15) is 4.52 Å². The molecule has 2 aromatic heterocycles. The fourth-order valence-corrected chi connectivity index (χ4v) is 2.92. The van der Waals surface area contributed by atoms with Gasteiger partial charge < -0.3 is 10.4 Å². The van der Waals surface area contributed by atoms with Crippen LogP contribution in [-0.2, 0) is 11.2 Å². The highest BCUT2D eigenvalue weighted by molar-refractivity contribution is 5.66. The lowest BCUT2D eigenvalue weighted by atomic mass is 10.1. The van der Waals surface area contributed by atoms with Gasteiger partial charge in [-0.15, -0.1) is 15.3 Å². The molecule has 3 rings (SSSR count). The standard InChI is InChI=1S/C15H21N5O2/c21-15(22)10-9-14-18-17-13-8-7-12(19-20(13)14)16-11-5-3-1-2-4-6-11/h7-8,11H,1-6,9-10H2,(H,16,19)(H,21,22). The normalized spacial score (nSPS) is 16.5. The SMILES string of the molecule is O=C(O)CCc1nnc2ccc(NC3CCCCCC3)nn12. The second-order valence-electron chi connectivity index (χ2n) is 5.83. The first-order chi connectivity index (χ1) is 10.7. The molecule has 0 saturated heterocycles. The van der Waals surface area contributed by atoms with Crippen molar-refractivity contribution in [1.29, 1.82) is 0 Å². The van der Waals surface area contributed by atoms with Crippen LogP contribution in [0.5, 0.6) is 0 Å². The van der Waals surface area contributed by atoms with Crippen molar-refractivity contribution in [3.8, 4) is 0 Å². The molecule has 2 heterocycles. The minimum atomic E-state index is -0.843. The summed E-state index contributed by atoms with van der Waals surface area (Å²) in [4.78, 5) is 10.7. The molecule has 7 nitrogen and oxygen atoms in total. The van der Waals surface area contributed by atoms with Crippen molar-refractivity contribution in [3.63, 3.8) is 0 Å². The first kappa shape index (κ1) is 14.7. The van der Waals surface area contributed by atoms with E-state index in [0.717, 1.165) is 5.82 Å². The molecule has 0 atom stereocenters. The Morgan fingerprint density at radius 1 is 1.23 bits per heavy atom. The van der Waals surface area contributed by atoms with Gasteiger partial charge >= 0.3 is 5.97 Å². The van der Waals surface area contributed by atoms with Gasteiger partial charge in [0.25, 0.3) is 0 Å². The molecule has 2 aromatic rings. The summed E-state index contributed by atoms with van der Waals surface area (Å²) in [7, 11) is 0. The average Bonchev–Trinajstić information content (AvgIpc) is 2.72. The van der Waals surface area contributed by atoms with Crippen LogP contribution in [0.15, 0.2) is 12.1 Å². The maximum absolute atomic E-state index is 10.7. The van der Waals surface area contributed by atoms with Gasteiger partial charge in [0, 0.05) is 12.5 Å². The zero-order valence-electron chi connectivity index (χ0n) is 12.5. The van der Waals surface area contributed by atoms with E-state index in [1.807, 2.05) is 12.1 Å². The summed E-state index contributed by atoms with van der Waals surface area (Å²) < 4.78 is 1.64. The van der Waals surface area contributed by atoms with Crippen molar-refractivity contribution in [3.05, 3.63) is 18.0 Å². The first-order valence-corrected chi connectivity index (χ1v) is 7.92. The lowest BCUT2D eigenvalue weighted by molar-refractivity contribution is -0.137. The first-order valence-electron chi connectivity index (χ1n) is 7.92. The van der Waals surface area contributed by atoms with Gasteiger partial charge in [0.05, 0.1) is 6.42 Å². The minimum absolute atomic E-state index is 0.0305. The number of hydrogen-bond acceptors (Lipinski definition) is 5. The summed E-state index contributed by atoms with van der Waals surface area (Å²) in [6.45, 7) is 0. The van der Waals surface area contributed by atoms with Crippen LogP contribution in [0, 0.1) is 0 Å². The quantitative estimate of drug-likeness (QED) is 0.823. The van der Waals surface area contributed by atoms with Gasteiger partial charge in [-0.3, -0.25) is 4.79 Å². The average molecular weight is 303 g/mol. The number of aromatic nitrogens is 4. The van der Waals surface area contributed by atoms with Gasteiger partial charge in [-0.1, -0.05) is 25.7 Å². The van der Waals surface area contributed by atoms with Crippen molar-refractivity contribution in [2.24, 2.45) is 0 Å². The Morgan fingerprint density at radius 2 is 2.00 bits per heavy atom. The van der Waals surface area contributed by atoms with E-state index in [1.54, 1.807) is 4.52 Å². The molecular weight excluding hydrogens is 282 g/mol. The third-order valence-electron chi connectivity index (χ3n) is 4.10. The molecule has 0 bridgehead atoms. The lowest BCUT2D eigenvalue weighted by Gasteiger charge is -2.16. The van der Waals surface area contributed by atoms with Crippen LogP contribution in [0.25, 0.3) is 5.65 Å². The van der Waals surface area contributed by atoms with Crippen molar-refractivity contribution < 1.29 is 9.90 Å². The van der Waals surface area contributed by atoms with E-state index in [0.29, 0.717) is 23.9 Å². The number of fused-ring (bicyclic) bond motifs is 1. The number of anilines is 1. The molecule has 0 aromatic carbocycles. The van der Waals surface area contributed by atoms with Crippen molar-refractivity contribution >= 4 is 17.4 Å². The van der Waals surface area contributed by atoms with Crippen LogP contribution >= 0.6 is 0 Å². The molecular formula is C15H21N5O2. The Bertz CT molecular complexity index is 646. The summed E-state index contributed by atoms with van der Waals surface area (Å²) in [5.41, 5.74) is 0.645. The van der Waals surface area contributed by atoms with Crippen LogP contribution in [0.2, 0.25) is 0 Å². The van der Waals surface area contributed by atoms with E-state index in [9.17, 15) is 4.79 Å². The van der Waals surface area contributed by atoms with E-state index >= 15 is 0 Å². The van der Waals surface area contributed by atoms with Crippen LogP contribution in [0.3, 0.4) is 0 Å². The molecule has 0 aliphatic heterocycles. The number of nitrogens with one attached hydrogen (secondary N) is 1. The summed E-state index contributed by atoms with van der Waals surface area (Å²) in [6, 6.07) is 4.24. The molecule has 2 N–H and O–H groups in total.